The van der Waals surface area contributed by atoms with E-state index in [2.05, 4.69) is 26.8 Å². The van der Waals surface area contributed by atoms with Crippen molar-refractivity contribution in [2.75, 3.05) is 0 Å². The largest absolute Gasteiger partial charge is 0.300 e. The number of hydrogen-bond acceptors (Lipinski definition) is 1. The minimum atomic E-state index is 0.509. The third kappa shape index (κ3) is 2.30. The Kier molecular flexibility index (Phi) is 3.35. The maximum absolute atomic E-state index is 11.9. The van der Waals surface area contributed by atoms with Gasteiger partial charge in [0.2, 0.25) is 0 Å². The van der Waals surface area contributed by atoms with E-state index in [4.69, 9.17) is 0 Å². The highest BCUT2D eigenvalue weighted by Crippen LogP contribution is 2.69. The molecule has 0 unspecified atom stereocenters. The van der Waals surface area contributed by atoms with Crippen LogP contribution in [0.15, 0.2) is 11.6 Å². The van der Waals surface area contributed by atoms with Gasteiger partial charge in [-0.25, -0.2) is 0 Å². The SMILES string of the molecule is C[C@H]1C[C@@H]2[C@H]([C@@H]3CCC(=O)CCCC/C=C/31)C2(C)C. The highest BCUT2D eigenvalue weighted by molar-refractivity contribution is 5.78. The van der Waals surface area contributed by atoms with Crippen LogP contribution in [0.3, 0.4) is 0 Å². The molecular formula is C18H28O. The molecule has 106 valence electrons. The van der Waals surface area contributed by atoms with E-state index < -0.39 is 0 Å². The zero-order valence-corrected chi connectivity index (χ0v) is 12.7. The first-order chi connectivity index (χ1) is 9.01. The zero-order chi connectivity index (χ0) is 13.6. The topological polar surface area (TPSA) is 17.1 Å². The average molecular weight is 260 g/mol. The molecule has 0 aromatic carbocycles. The van der Waals surface area contributed by atoms with Crippen molar-refractivity contribution < 1.29 is 4.79 Å². The molecule has 0 amide bonds. The molecule has 1 heteroatoms. The van der Waals surface area contributed by atoms with Gasteiger partial charge in [0.05, 0.1) is 0 Å². The molecule has 0 radical (unpaired) electrons. The number of allylic oxidation sites excluding steroid dienone is 2. The minimum absolute atomic E-state index is 0.509. The highest BCUT2D eigenvalue weighted by Gasteiger charge is 2.63. The summed E-state index contributed by atoms with van der Waals surface area (Å²) in [6, 6.07) is 0. The van der Waals surface area contributed by atoms with Crippen molar-refractivity contribution >= 4 is 5.78 Å². The van der Waals surface area contributed by atoms with Crippen molar-refractivity contribution in [2.24, 2.45) is 29.1 Å². The molecule has 0 N–H and O–H groups in total. The van der Waals surface area contributed by atoms with Crippen LogP contribution < -0.4 is 0 Å². The molecule has 0 saturated heterocycles. The Labute approximate surface area is 117 Å². The van der Waals surface area contributed by atoms with E-state index in [9.17, 15) is 4.79 Å². The van der Waals surface area contributed by atoms with Crippen LogP contribution >= 0.6 is 0 Å². The Bertz CT molecular complexity index is 404. The van der Waals surface area contributed by atoms with Crippen molar-refractivity contribution in [2.45, 2.75) is 65.7 Å². The molecule has 2 fully saturated rings. The number of fused-ring (bicyclic) bond motifs is 3. The second kappa shape index (κ2) is 4.75. The highest BCUT2D eigenvalue weighted by atomic mass is 16.1. The van der Waals surface area contributed by atoms with Gasteiger partial charge in [-0.3, -0.25) is 4.79 Å². The van der Waals surface area contributed by atoms with E-state index in [0.717, 1.165) is 43.4 Å². The second-order valence-electron chi connectivity index (χ2n) is 7.72. The first kappa shape index (κ1) is 13.4. The lowest BCUT2D eigenvalue weighted by Gasteiger charge is -2.31. The predicted molar refractivity (Wildman–Crippen MR) is 78.8 cm³/mol. The van der Waals surface area contributed by atoms with Crippen LogP contribution in [0.2, 0.25) is 0 Å². The molecule has 0 aromatic heterocycles. The van der Waals surface area contributed by atoms with E-state index in [1.54, 1.807) is 5.57 Å². The fourth-order valence-electron chi connectivity index (χ4n) is 5.00. The molecule has 2 saturated carbocycles. The molecule has 0 bridgehead atoms. The third-order valence-corrected chi connectivity index (χ3v) is 6.20. The molecule has 0 aromatic rings. The molecular weight excluding hydrogens is 232 g/mol. The van der Waals surface area contributed by atoms with Crippen LogP contribution in [0.4, 0.5) is 0 Å². The number of carbonyl (C=O) groups excluding carboxylic acids is 1. The average Bonchev–Trinajstić information content (AvgIpc) is 2.89. The van der Waals surface area contributed by atoms with E-state index in [1.807, 2.05) is 0 Å². The van der Waals surface area contributed by atoms with Crippen molar-refractivity contribution in [3.05, 3.63) is 11.6 Å². The fourth-order valence-corrected chi connectivity index (χ4v) is 5.00. The van der Waals surface area contributed by atoms with Gasteiger partial charge in [0.1, 0.15) is 5.78 Å². The smallest absolute Gasteiger partial charge is 0.132 e. The van der Waals surface area contributed by atoms with Gasteiger partial charge in [-0.05, 0) is 61.2 Å². The molecule has 3 aliphatic rings. The molecule has 0 aliphatic heterocycles. The van der Waals surface area contributed by atoms with Gasteiger partial charge in [0.15, 0.2) is 0 Å². The normalized spacial score (nSPS) is 44.6. The van der Waals surface area contributed by atoms with Crippen LogP contribution in [-0.2, 0) is 4.79 Å². The van der Waals surface area contributed by atoms with Crippen molar-refractivity contribution in [3.8, 4) is 0 Å². The summed E-state index contributed by atoms with van der Waals surface area (Å²) in [4.78, 5) is 11.9. The van der Waals surface area contributed by atoms with Gasteiger partial charge in [0, 0.05) is 12.8 Å². The maximum atomic E-state index is 11.9. The maximum Gasteiger partial charge on any atom is 0.132 e. The summed E-state index contributed by atoms with van der Waals surface area (Å²) < 4.78 is 0. The lowest BCUT2D eigenvalue weighted by Crippen LogP contribution is -2.22. The van der Waals surface area contributed by atoms with E-state index >= 15 is 0 Å². The molecule has 3 aliphatic carbocycles. The number of rotatable bonds is 0. The Hall–Kier alpha value is -0.590. The summed E-state index contributed by atoms with van der Waals surface area (Å²) >= 11 is 0. The van der Waals surface area contributed by atoms with Gasteiger partial charge < -0.3 is 0 Å². The van der Waals surface area contributed by atoms with Crippen LogP contribution in [0, 0.1) is 29.1 Å². The van der Waals surface area contributed by atoms with E-state index in [-0.39, 0.29) is 0 Å². The Morgan fingerprint density at radius 1 is 1.21 bits per heavy atom. The quantitative estimate of drug-likeness (QED) is 0.574. The van der Waals surface area contributed by atoms with Crippen LogP contribution in [0.25, 0.3) is 0 Å². The molecule has 0 spiro atoms. The van der Waals surface area contributed by atoms with Gasteiger partial charge in [0.25, 0.3) is 0 Å². The predicted octanol–water partition coefficient (Wildman–Crippen LogP) is 4.76. The Morgan fingerprint density at radius 2 is 2.00 bits per heavy atom. The minimum Gasteiger partial charge on any atom is -0.300 e. The van der Waals surface area contributed by atoms with Crippen molar-refractivity contribution in [1.82, 2.24) is 0 Å². The summed E-state index contributed by atoms with van der Waals surface area (Å²) in [6.45, 7) is 7.30. The summed E-state index contributed by atoms with van der Waals surface area (Å²) in [5.74, 6) is 3.76. The molecule has 0 heterocycles. The van der Waals surface area contributed by atoms with Crippen molar-refractivity contribution in [1.29, 1.82) is 0 Å². The van der Waals surface area contributed by atoms with Gasteiger partial charge in [-0.1, -0.05) is 32.4 Å². The first-order valence-electron chi connectivity index (χ1n) is 8.23. The zero-order valence-electron chi connectivity index (χ0n) is 12.7. The summed E-state index contributed by atoms with van der Waals surface area (Å²) in [6.07, 6.45) is 10.2. The fraction of sp³-hybridized carbons (Fsp3) is 0.833. The molecule has 1 nitrogen and oxygen atoms in total. The van der Waals surface area contributed by atoms with Crippen LogP contribution in [0.1, 0.15) is 65.7 Å². The van der Waals surface area contributed by atoms with Crippen LogP contribution in [0.5, 0.6) is 0 Å². The van der Waals surface area contributed by atoms with Gasteiger partial charge in [-0.15, -0.1) is 0 Å². The summed E-state index contributed by atoms with van der Waals surface area (Å²) in [5.41, 5.74) is 2.24. The molecule has 4 atom stereocenters. The first-order valence-corrected chi connectivity index (χ1v) is 8.23. The third-order valence-electron chi connectivity index (χ3n) is 6.20. The van der Waals surface area contributed by atoms with Crippen molar-refractivity contribution in [3.63, 3.8) is 0 Å². The summed E-state index contributed by atoms with van der Waals surface area (Å²) in [5, 5.41) is 0. The standard InChI is InChI=1S/C18H28O/c1-12-11-16-17(18(16,2)3)15-10-9-13(19)7-5-4-6-8-14(12)15/h8,12,15-17H,4-7,9-11H2,1-3H3/b14-8+/t12-,15+,16+,17-/m0/s1. The Morgan fingerprint density at radius 3 is 2.79 bits per heavy atom. The van der Waals surface area contributed by atoms with Crippen LogP contribution in [-0.4, -0.2) is 5.78 Å². The molecule has 3 rings (SSSR count). The van der Waals surface area contributed by atoms with Gasteiger partial charge >= 0.3 is 0 Å². The Balaban J connectivity index is 1.85. The monoisotopic (exact) mass is 260 g/mol. The number of Topliss-reactive ketones (excluding diaryl/α,β-unsaturated/α-hetero) is 1. The summed E-state index contributed by atoms with van der Waals surface area (Å²) in [7, 11) is 0. The molecule has 19 heavy (non-hydrogen) atoms. The lowest BCUT2D eigenvalue weighted by molar-refractivity contribution is -0.119. The lowest BCUT2D eigenvalue weighted by atomic mass is 9.74. The number of ketones is 1. The number of hydrogen-bond donors (Lipinski definition) is 0. The van der Waals surface area contributed by atoms with E-state index in [0.29, 0.717) is 17.1 Å². The number of carbonyl (C=O) groups is 1. The van der Waals surface area contributed by atoms with E-state index in [1.165, 1.54) is 19.3 Å². The second-order valence-corrected chi connectivity index (χ2v) is 7.72. The van der Waals surface area contributed by atoms with Gasteiger partial charge in [-0.2, -0.15) is 0 Å².